The predicted molar refractivity (Wildman–Crippen MR) is 82.5 cm³/mol. The van der Waals surface area contributed by atoms with Crippen LogP contribution in [0.5, 0.6) is 0 Å². The molecule has 0 aliphatic rings. The van der Waals surface area contributed by atoms with Crippen LogP contribution in [0.3, 0.4) is 0 Å². The summed E-state index contributed by atoms with van der Waals surface area (Å²) in [5.74, 6) is 0.989. The SMILES string of the molecule is C#CCC(C(=O)OCC)(C(=O)OCC)c1ccccc1Br. The first-order chi connectivity index (χ1) is 10.0. The fraction of sp³-hybridized carbons (Fsp3) is 0.375. The predicted octanol–water partition coefficient (Wildman–Crippen LogP) is 2.84. The van der Waals surface area contributed by atoms with Crippen LogP contribution in [0.1, 0.15) is 25.8 Å². The van der Waals surface area contributed by atoms with Gasteiger partial charge in [-0.1, -0.05) is 34.1 Å². The van der Waals surface area contributed by atoms with Crippen molar-refractivity contribution in [2.24, 2.45) is 0 Å². The maximum absolute atomic E-state index is 12.5. The third kappa shape index (κ3) is 3.45. The normalized spacial score (nSPS) is 10.6. The van der Waals surface area contributed by atoms with Gasteiger partial charge in [-0.2, -0.15) is 0 Å². The molecule has 0 fully saturated rings. The standard InChI is InChI=1S/C16H17BrO4/c1-4-11-16(14(18)20-5-2,15(19)21-6-3)12-9-7-8-10-13(12)17/h1,7-10H,5-6,11H2,2-3H3. The van der Waals surface area contributed by atoms with Crippen molar-refractivity contribution in [3.63, 3.8) is 0 Å². The van der Waals surface area contributed by atoms with Crippen LogP contribution in [0.4, 0.5) is 0 Å². The van der Waals surface area contributed by atoms with Crippen LogP contribution in [-0.4, -0.2) is 25.2 Å². The van der Waals surface area contributed by atoms with Crippen molar-refractivity contribution in [1.29, 1.82) is 0 Å². The molecule has 0 bridgehead atoms. The summed E-state index contributed by atoms with van der Waals surface area (Å²) in [6, 6.07) is 6.91. The van der Waals surface area contributed by atoms with Crippen molar-refractivity contribution < 1.29 is 19.1 Å². The zero-order valence-electron chi connectivity index (χ0n) is 12.0. The van der Waals surface area contributed by atoms with E-state index in [0.29, 0.717) is 10.0 Å². The van der Waals surface area contributed by atoms with E-state index in [4.69, 9.17) is 15.9 Å². The topological polar surface area (TPSA) is 52.6 Å². The van der Waals surface area contributed by atoms with Crippen molar-refractivity contribution in [3.8, 4) is 12.3 Å². The van der Waals surface area contributed by atoms with Gasteiger partial charge in [-0.25, -0.2) is 0 Å². The van der Waals surface area contributed by atoms with E-state index < -0.39 is 17.4 Å². The van der Waals surface area contributed by atoms with Crippen LogP contribution in [0.2, 0.25) is 0 Å². The van der Waals surface area contributed by atoms with Crippen molar-refractivity contribution in [1.82, 2.24) is 0 Å². The average Bonchev–Trinajstić information content (AvgIpc) is 2.46. The molecule has 0 heterocycles. The summed E-state index contributed by atoms with van der Waals surface area (Å²) >= 11 is 3.36. The maximum Gasteiger partial charge on any atom is 0.329 e. The molecule has 0 radical (unpaired) electrons. The van der Waals surface area contributed by atoms with E-state index in [1.807, 2.05) is 0 Å². The second kappa shape index (κ2) is 7.84. The Labute approximate surface area is 132 Å². The molecule has 21 heavy (non-hydrogen) atoms. The molecule has 112 valence electrons. The van der Waals surface area contributed by atoms with Gasteiger partial charge in [0.15, 0.2) is 0 Å². The number of carbonyl (C=O) groups excluding carboxylic acids is 2. The van der Waals surface area contributed by atoms with Crippen LogP contribution in [0.25, 0.3) is 0 Å². The number of benzene rings is 1. The number of halogens is 1. The van der Waals surface area contributed by atoms with Gasteiger partial charge in [-0.05, 0) is 25.5 Å². The Kier molecular flexibility index (Phi) is 6.44. The first kappa shape index (κ1) is 17.3. The number of ether oxygens (including phenoxy) is 2. The highest BCUT2D eigenvalue weighted by Gasteiger charge is 2.51. The Morgan fingerprint density at radius 1 is 1.19 bits per heavy atom. The number of esters is 2. The molecule has 0 unspecified atom stereocenters. The quantitative estimate of drug-likeness (QED) is 0.448. The van der Waals surface area contributed by atoms with Crippen molar-refractivity contribution >= 4 is 27.9 Å². The molecule has 0 aliphatic carbocycles. The first-order valence-electron chi connectivity index (χ1n) is 6.57. The van der Waals surface area contributed by atoms with E-state index in [9.17, 15) is 9.59 Å². The van der Waals surface area contributed by atoms with E-state index in [1.54, 1.807) is 38.1 Å². The molecule has 0 amide bonds. The van der Waals surface area contributed by atoms with Gasteiger partial charge < -0.3 is 9.47 Å². The maximum atomic E-state index is 12.5. The second-order valence-electron chi connectivity index (χ2n) is 4.21. The molecular formula is C16H17BrO4. The molecule has 1 aromatic carbocycles. The van der Waals surface area contributed by atoms with Crippen LogP contribution in [0.15, 0.2) is 28.7 Å². The summed E-state index contributed by atoms with van der Waals surface area (Å²) in [5, 5.41) is 0. The Bertz CT molecular complexity index is 542. The third-order valence-corrected chi connectivity index (χ3v) is 3.64. The highest BCUT2D eigenvalue weighted by atomic mass is 79.9. The third-order valence-electron chi connectivity index (χ3n) is 2.95. The van der Waals surface area contributed by atoms with Crippen molar-refractivity contribution in [2.45, 2.75) is 25.7 Å². The van der Waals surface area contributed by atoms with E-state index in [2.05, 4.69) is 21.9 Å². The zero-order valence-corrected chi connectivity index (χ0v) is 13.6. The van der Waals surface area contributed by atoms with E-state index >= 15 is 0 Å². The zero-order chi connectivity index (χ0) is 15.9. The molecule has 0 atom stereocenters. The molecule has 0 aliphatic heterocycles. The highest BCUT2D eigenvalue weighted by molar-refractivity contribution is 9.10. The fourth-order valence-corrected chi connectivity index (χ4v) is 2.64. The lowest BCUT2D eigenvalue weighted by molar-refractivity contribution is -0.164. The van der Waals surface area contributed by atoms with Crippen molar-refractivity contribution in [2.75, 3.05) is 13.2 Å². The lowest BCUT2D eigenvalue weighted by atomic mass is 9.77. The van der Waals surface area contributed by atoms with Gasteiger partial charge in [0.2, 0.25) is 5.41 Å². The number of rotatable bonds is 6. The Morgan fingerprint density at radius 2 is 1.71 bits per heavy atom. The molecule has 1 rings (SSSR count). The summed E-state index contributed by atoms with van der Waals surface area (Å²) in [4.78, 5) is 25.0. The molecule has 5 heteroatoms. The van der Waals surface area contributed by atoms with Crippen LogP contribution < -0.4 is 0 Å². The summed E-state index contributed by atoms with van der Waals surface area (Å²) in [7, 11) is 0. The Morgan fingerprint density at radius 3 is 2.14 bits per heavy atom. The molecule has 0 saturated carbocycles. The number of hydrogen-bond acceptors (Lipinski definition) is 4. The fourth-order valence-electron chi connectivity index (χ4n) is 2.01. The van der Waals surface area contributed by atoms with Gasteiger partial charge >= 0.3 is 11.9 Å². The molecular weight excluding hydrogens is 336 g/mol. The average molecular weight is 353 g/mol. The molecule has 0 saturated heterocycles. The minimum Gasteiger partial charge on any atom is -0.465 e. The van der Waals surface area contributed by atoms with E-state index in [0.717, 1.165) is 0 Å². The summed E-state index contributed by atoms with van der Waals surface area (Å²) < 4.78 is 10.8. The summed E-state index contributed by atoms with van der Waals surface area (Å²) in [6.07, 6.45) is 5.26. The minimum atomic E-state index is -1.65. The largest absolute Gasteiger partial charge is 0.465 e. The number of carbonyl (C=O) groups is 2. The molecule has 4 nitrogen and oxygen atoms in total. The van der Waals surface area contributed by atoms with Gasteiger partial charge in [0.1, 0.15) is 0 Å². The van der Waals surface area contributed by atoms with Gasteiger partial charge in [-0.15, -0.1) is 12.3 Å². The second-order valence-corrected chi connectivity index (χ2v) is 5.06. The monoisotopic (exact) mass is 352 g/mol. The van der Waals surface area contributed by atoms with Crippen LogP contribution in [0, 0.1) is 12.3 Å². The van der Waals surface area contributed by atoms with E-state index in [1.165, 1.54) is 0 Å². The van der Waals surface area contributed by atoms with Crippen molar-refractivity contribution in [3.05, 3.63) is 34.3 Å². The smallest absolute Gasteiger partial charge is 0.329 e. The lowest BCUT2D eigenvalue weighted by Crippen LogP contribution is -2.46. The Hall–Kier alpha value is -1.80. The van der Waals surface area contributed by atoms with E-state index in [-0.39, 0.29) is 19.6 Å². The Balaban J connectivity index is 3.52. The van der Waals surface area contributed by atoms with Crippen LogP contribution in [-0.2, 0) is 24.5 Å². The van der Waals surface area contributed by atoms with Gasteiger partial charge in [0.05, 0.1) is 13.2 Å². The highest BCUT2D eigenvalue weighted by Crippen LogP contribution is 2.36. The minimum absolute atomic E-state index is 0.132. The lowest BCUT2D eigenvalue weighted by Gasteiger charge is -2.28. The van der Waals surface area contributed by atoms with Gasteiger partial charge in [0, 0.05) is 10.9 Å². The summed E-state index contributed by atoms with van der Waals surface area (Å²) in [6.45, 7) is 3.64. The summed E-state index contributed by atoms with van der Waals surface area (Å²) in [5.41, 5.74) is -1.21. The molecule has 0 spiro atoms. The van der Waals surface area contributed by atoms with Gasteiger partial charge in [-0.3, -0.25) is 9.59 Å². The number of hydrogen-bond donors (Lipinski definition) is 0. The first-order valence-corrected chi connectivity index (χ1v) is 7.36. The molecule has 0 N–H and O–H groups in total. The molecule has 1 aromatic rings. The van der Waals surface area contributed by atoms with Gasteiger partial charge in [0.25, 0.3) is 0 Å². The molecule has 0 aromatic heterocycles. The number of terminal acetylenes is 1. The van der Waals surface area contributed by atoms with Crippen LogP contribution >= 0.6 is 15.9 Å².